The van der Waals surface area contributed by atoms with Crippen LogP contribution in [0.15, 0.2) is 18.2 Å². The first-order valence-electron chi connectivity index (χ1n) is 6.14. The lowest BCUT2D eigenvalue weighted by Gasteiger charge is -2.26. The Morgan fingerprint density at radius 1 is 1.24 bits per heavy atom. The maximum Gasteiger partial charge on any atom is 0.122 e. The predicted molar refractivity (Wildman–Crippen MR) is 79.4 cm³/mol. The summed E-state index contributed by atoms with van der Waals surface area (Å²) in [6.45, 7) is 4.50. The Bertz CT molecular complexity index is 370. The second-order valence-corrected chi connectivity index (χ2v) is 7.27. The summed E-state index contributed by atoms with van der Waals surface area (Å²) in [7, 11) is 1.77. The summed E-state index contributed by atoms with van der Waals surface area (Å²) in [5.74, 6) is 4.13. The molecule has 1 saturated heterocycles. The Morgan fingerprint density at radius 3 is 2.53 bits per heavy atom. The van der Waals surface area contributed by atoms with E-state index in [1.54, 1.807) is 7.11 Å². The highest BCUT2D eigenvalue weighted by Crippen LogP contribution is 2.47. The first-order valence-corrected chi connectivity index (χ1v) is 8.23. The van der Waals surface area contributed by atoms with E-state index in [1.165, 1.54) is 29.1 Å². The van der Waals surface area contributed by atoms with Gasteiger partial charge in [0.1, 0.15) is 5.75 Å². The average Bonchev–Trinajstić information content (AvgIpc) is 2.38. The number of hydrogen-bond acceptors (Lipinski definition) is 3. The molecule has 0 amide bonds. The van der Waals surface area contributed by atoms with E-state index in [1.807, 2.05) is 0 Å². The van der Waals surface area contributed by atoms with Gasteiger partial charge in [-0.2, -0.15) is 0 Å². The third-order valence-electron chi connectivity index (χ3n) is 2.98. The first-order chi connectivity index (χ1) is 8.24. The Kier molecular flexibility index (Phi) is 4.69. The zero-order chi connectivity index (χ0) is 12.3. The summed E-state index contributed by atoms with van der Waals surface area (Å²) >= 11 is 4.15. The Labute approximate surface area is 113 Å². The van der Waals surface area contributed by atoms with Gasteiger partial charge in [-0.05, 0) is 35.5 Å². The number of ether oxygens (including phenoxy) is 1. The zero-order valence-corrected chi connectivity index (χ0v) is 12.4. The van der Waals surface area contributed by atoms with Gasteiger partial charge in [-0.25, -0.2) is 0 Å². The fourth-order valence-electron chi connectivity index (χ4n) is 2.23. The molecule has 1 nitrogen and oxygen atoms in total. The van der Waals surface area contributed by atoms with Crippen LogP contribution in [0.4, 0.5) is 0 Å². The molecule has 0 unspecified atom stereocenters. The largest absolute Gasteiger partial charge is 0.496 e. The summed E-state index contributed by atoms with van der Waals surface area (Å²) in [4.78, 5) is 0. The van der Waals surface area contributed by atoms with Crippen molar-refractivity contribution in [1.82, 2.24) is 0 Å². The Morgan fingerprint density at radius 2 is 1.94 bits per heavy atom. The van der Waals surface area contributed by atoms with Crippen molar-refractivity contribution in [3.05, 3.63) is 29.3 Å². The minimum absolute atomic E-state index is 0.518. The van der Waals surface area contributed by atoms with Gasteiger partial charge in [-0.15, -0.1) is 23.5 Å². The monoisotopic (exact) mass is 268 g/mol. The Hall–Kier alpha value is -0.280. The summed E-state index contributed by atoms with van der Waals surface area (Å²) in [5, 5.41) is 0. The SMILES string of the molecule is COc1cccc(C2SCCCS2)c1C(C)C. The molecule has 0 radical (unpaired) electrons. The van der Waals surface area contributed by atoms with Crippen molar-refractivity contribution in [3.63, 3.8) is 0 Å². The van der Waals surface area contributed by atoms with Gasteiger partial charge in [-0.3, -0.25) is 0 Å². The molecule has 1 aromatic rings. The zero-order valence-electron chi connectivity index (χ0n) is 10.7. The minimum atomic E-state index is 0.518. The second-order valence-electron chi connectivity index (χ2n) is 4.54. The molecule has 2 rings (SSSR count). The normalized spacial score (nSPS) is 17.4. The van der Waals surface area contributed by atoms with Gasteiger partial charge in [0.25, 0.3) is 0 Å². The standard InChI is InChI=1S/C14H20OS2/c1-10(2)13-11(6-4-7-12(13)15-3)14-16-8-5-9-17-14/h4,6-7,10,14H,5,8-9H2,1-3H3. The highest BCUT2D eigenvalue weighted by atomic mass is 32.2. The summed E-state index contributed by atoms with van der Waals surface area (Å²) in [5.41, 5.74) is 2.86. The Balaban J connectivity index is 2.37. The number of hydrogen-bond donors (Lipinski definition) is 0. The number of rotatable bonds is 3. The lowest BCUT2D eigenvalue weighted by molar-refractivity contribution is 0.407. The molecule has 17 heavy (non-hydrogen) atoms. The van der Waals surface area contributed by atoms with Crippen molar-refractivity contribution >= 4 is 23.5 Å². The molecule has 94 valence electrons. The van der Waals surface area contributed by atoms with E-state index in [-0.39, 0.29) is 0 Å². The van der Waals surface area contributed by atoms with Gasteiger partial charge in [0.05, 0.1) is 11.7 Å². The van der Waals surface area contributed by atoms with Crippen LogP contribution in [0.2, 0.25) is 0 Å². The summed E-state index contributed by atoms with van der Waals surface area (Å²) in [6.07, 6.45) is 1.34. The van der Waals surface area contributed by atoms with Crippen molar-refractivity contribution < 1.29 is 4.74 Å². The van der Waals surface area contributed by atoms with Crippen LogP contribution in [-0.4, -0.2) is 18.6 Å². The molecule has 0 spiro atoms. The number of benzene rings is 1. The first kappa shape index (κ1) is 13.2. The molecular formula is C14H20OS2. The van der Waals surface area contributed by atoms with Gasteiger partial charge in [-0.1, -0.05) is 26.0 Å². The third kappa shape index (κ3) is 2.94. The molecule has 1 aliphatic rings. The van der Waals surface area contributed by atoms with Gasteiger partial charge >= 0.3 is 0 Å². The van der Waals surface area contributed by atoms with Crippen LogP contribution in [0, 0.1) is 0 Å². The van der Waals surface area contributed by atoms with Crippen LogP contribution in [0.5, 0.6) is 5.75 Å². The number of methoxy groups -OCH3 is 1. The minimum Gasteiger partial charge on any atom is -0.496 e. The maximum absolute atomic E-state index is 5.52. The van der Waals surface area contributed by atoms with Crippen LogP contribution >= 0.6 is 23.5 Å². The van der Waals surface area contributed by atoms with Gasteiger partial charge in [0.15, 0.2) is 0 Å². The van der Waals surface area contributed by atoms with Gasteiger partial charge in [0, 0.05) is 5.56 Å². The highest BCUT2D eigenvalue weighted by Gasteiger charge is 2.22. The van der Waals surface area contributed by atoms with E-state index in [0.717, 1.165) is 5.75 Å². The van der Waals surface area contributed by atoms with Crippen molar-refractivity contribution in [2.75, 3.05) is 18.6 Å². The van der Waals surface area contributed by atoms with Crippen LogP contribution in [0.3, 0.4) is 0 Å². The maximum atomic E-state index is 5.52. The van der Waals surface area contributed by atoms with E-state index >= 15 is 0 Å². The summed E-state index contributed by atoms with van der Waals surface area (Å²) in [6, 6.07) is 6.47. The van der Waals surface area contributed by atoms with Crippen LogP contribution in [-0.2, 0) is 0 Å². The van der Waals surface area contributed by atoms with E-state index in [9.17, 15) is 0 Å². The smallest absolute Gasteiger partial charge is 0.122 e. The lowest BCUT2D eigenvalue weighted by atomic mass is 9.97. The highest BCUT2D eigenvalue weighted by molar-refractivity contribution is 8.16. The predicted octanol–water partition coefficient (Wildman–Crippen LogP) is 4.69. The molecule has 1 fully saturated rings. The molecule has 1 aromatic carbocycles. The topological polar surface area (TPSA) is 9.23 Å². The molecule has 0 aromatic heterocycles. The van der Waals surface area contributed by atoms with Gasteiger partial charge < -0.3 is 4.74 Å². The molecule has 3 heteroatoms. The van der Waals surface area contributed by atoms with Crippen molar-refractivity contribution in [2.45, 2.75) is 30.8 Å². The molecule has 0 atom stereocenters. The van der Waals surface area contributed by atoms with Crippen LogP contribution in [0.1, 0.15) is 41.9 Å². The quantitative estimate of drug-likeness (QED) is 0.787. The molecule has 0 N–H and O–H groups in total. The molecule has 1 heterocycles. The van der Waals surface area contributed by atoms with Crippen LogP contribution < -0.4 is 4.74 Å². The fraction of sp³-hybridized carbons (Fsp3) is 0.571. The van der Waals surface area contributed by atoms with Gasteiger partial charge in [0.2, 0.25) is 0 Å². The second kappa shape index (κ2) is 6.05. The van der Waals surface area contributed by atoms with Crippen molar-refractivity contribution in [3.8, 4) is 5.75 Å². The molecule has 0 aliphatic carbocycles. The van der Waals surface area contributed by atoms with E-state index in [4.69, 9.17) is 4.74 Å². The summed E-state index contributed by atoms with van der Waals surface area (Å²) < 4.78 is 6.11. The van der Waals surface area contributed by atoms with Crippen molar-refractivity contribution in [1.29, 1.82) is 0 Å². The van der Waals surface area contributed by atoms with E-state index in [0.29, 0.717) is 10.5 Å². The molecular weight excluding hydrogens is 248 g/mol. The van der Waals surface area contributed by atoms with Crippen LogP contribution in [0.25, 0.3) is 0 Å². The van der Waals surface area contributed by atoms with Crippen molar-refractivity contribution in [2.24, 2.45) is 0 Å². The third-order valence-corrected chi connectivity index (χ3v) is 5.96. The number of thioether (sulfide) groups is 2. The van der Waals surface area contributed by atoms with E-state index in [2.05, 4.69) is 55.6 Å². The lowest BCUT2D eigenvalue weighted by Crippen LogP contribution is -2.06. The fourth-order valence-corrected chi connectivity index (χ4v) is 5.20. The van der Waals surface area contributed by atoms with E-state index < -0.39 is 0 Å². The molecule has 0 saturated carbocycles. The average molecular weight is 268 g/mol. The molecule has 1 aliphatic heterocycles. The molecule has 0 bridgehead atoms.